The zero-order valence-corrected chi connectivity index (χ0v) is 53.4. The standard InChI is InChI=1S/C68H72O26/c1-37(29-87-57(73)13-41(5)69)65(77)91-33-43-15-47-23-48-16-44(34-92-66(78)38(2)30-88-58(74)14-42(6)70)18-50(62(48)84-10)25-52-20-46(36-94-68(80)40(4)32-90-60(76)28-56(72)82-8)22-54(64(52)86-12)26-53-21-45(19-51(63(53)85-11)24-49(17-43)61(47)83-9)35-93-67(79)39(3)31-89-59(75)27-55(71)81-7/h15-22H,1-4,13-14,23-36H2,5-12H3. The number of hydrogen-bond donors (Lipinski definition) is 0. The van der Waals surface area contributed by atoms with E-state index in [9.17, 15) is 57.5 Å². The van der Waals surface area contributed by atoms with Crippen molar-refractivity contribution >= 4 is 71.3 Å². The molecule has 0 heterocycles. The van der Waals surface area contributed by atoms with Gasteiger partial charge in [0.2, 0.25) is 0 Å². The number of carbonyl (C=O) groups is 12. The van der Waals surface area contributed by atoms with Gasteiger partial charge in [-0.15, -0.1) is 0 Å². The lowest BCUT2D eigenvalue weighted by Gasteiger charge is -2.23. The van der Waals surface area contributed by atoms with Crippen LogP contribution in [0.25, 0.3) is 0 Å². The van der Waals surface area contributed by atoms with Gasteiger partial charge in [0.15, 0.2) is 0 Å². The highest BCUT2D eigenvalue weighted by atomic mass is 16.6. The summed E-state index contributed by atoms with van der Waals surface area (Å²) in [6.45, 7) is 13.3. The first kappa shape index (κ1) is 73.8. The minimum absolute atomic E-state index is 0.00589. The quantitative estimate of drug-likeness (QED) is 0.0204. The lowest BCUT2D eigenvalue weighted by Crippen LogP contribution is -2.17. The van der Waals surface area contributed by atoms with Gasteiger partial charge in [-0.05, 0) is 129 Å². The maximum atomic E-state index is 13.4. The van der Waals surface area contributed by atoms with Crippen molar-refractivity contribution in [1.82, 2.24) is 0 Å². The Balaban J connectivity index is 1.73. The molecule has 0 aromatic heterocycles. The van der Waals surface area contributed by atoms with Gasteiger partial charge in [0, 0.05) is 25.7 Å². The SMILES string of the molecule is C=C(COC(=O)CC(C)=O)C(=O)OCc1cc2c(OC)c(c1)Cc1cc(COC(=O)C(=C)COC(=O)CC(=O)OC)cc(c1OC)Cc1cc(COC(=O)C(=C)COC(=O)CC(=O)OC)cc(c1OC)Cc1cc(COC(=O)C(=C)COC(=O)CC(C)=O)cc(c1OC)C2. The third kappa shape index (κ3) is 22.2. The number of ether oxygens (including phenoxy) is 14. The van der Waals surface area contributed by atoms with E-state index in [-0.39, 0.29) is 74.4 Å². The molecule has 0 radical (unpaired) electrons. The molecule has 500 valence electrons. The van der Waals surface area contributed by atoms with Gasteiger partial charge in [-0.25, -0.2) is 19.2 Å². The Labute approximate surface area is 540 Å². The lowest BCUT2D eigenvalue weighted by molar-refractivity contribution is -0.155. The summed E-state index contributed by atoms with van der Waals surface area (Å²) in [5.74, 6) is -8.69. The van der Waals surface area contributed by atoms with Gasteiger partial charge in [0.25, 0.3) is 0 Å². The Morgan fingerprint density at radius 1 is 0.298 bits per heavy atom. The molecule has 8 bridgehead atoms. The van der Waals surface area contributed by atoms with E-state index in [0.29, 0.717) is 89.8 Å². The number of ketones is 2. The van der Waals surface area contributed by atoms with Gasteiger partial charge in [0.05, 0.1) is 65.0 Å². The van der Waals surface area contributed by atoms with Crippen molar-refractivity contribution in [3.05, 3.63) is 164 Å². The van der Waals surface area contributed by atoms with Crippen LogP contribution >= 0.6 is 0 Å². The molecule has 0 atom stereocenters. The first-order chi connectivity index (χ1) is 44.7. The second kappa shape index (κ2) is 35.6. The molecule has 5 rings (SSSR count). The van der Waals surface area contributed by atoms with Gasteiger partial charge in [-0.3, -0.25) is 38.4 Å². The highest BCUT2D eigenvalue weighted by Gasteiger charge is 2.27. The van der Waals surface area contributed by atoms with Crippen molar-refractivity contribution in [3.63, 3.8) is 0 Å². The topological polar surface area (TPSA) is 334 Å². The highest BCUT2D eigenvalue weighted by Crippen LogP contribution is 2.41. The molecule has 26 nitrogen and oxygen atoms in total. The highest BCUT2D eigenvalue weighted by molar-refractivity contribution is 5.96. The second-order valence-electron chi connectivity index (χ2n) is 21.1. The summed E-state index contributed by atoms with van der Waals surface area (Å²) >= 11 is 0. The van der Waals surface area contributed by atoms with Crippen molar-refractivity contribution in [3.8, 4) is 23.0 Å². The van der Waals surface area contributed by atoms with Crippen LogP contribution in [0.15, 0.2) is 97.1 Å². The zero-order valence-electron chi connectivity index (χ0n) is 53.4. The largest absolute Gasteiger partial charge is 0.496 e. The minimum atomic E-state index is -0.972. The molecule has 0 fully saturated rings. The first-order valence-corrected chi connectivity index (χ1v) is 28.6. The fourth-order valence-electron chi connectivity index (χ4n) is 9.46. The van der Waals surface area contributed by atoms with Crippen LogP contribution in [-0.2, 0) is 157 Å². The average molecular weight is 1310 g/mol. The lowest BCUT2D eigenvalue weighted by atomic mass is 9.88. The third-order valence-corrected chi connectivity index (χ3v) is 13.6. The summed E-state index contributed by atoms with van der Waals surface area (Å²) in [7, 11) is 7.98. The number of methoxy groups -OCH3 is 6. The summed E-state index contributed by atoms with van der Waals surface area (Å²) in [5.41, 5.74) is 4.58. The predicted octanol–water partition coefficient (Wildman–Crippen LogP) is 6.05. The summed E-state index contributed by atoms with van der Waals surface area (Å²) in [6, 6.07) is 13.7. The van der Waals surface area contributed by atoms with Crippen LogP contribution in [-0.4, -0.2) is 140 Å². The van der Waals surface area contributed by atoms with Crippen molar-refractivity contribution in [2.45, 2.75) is 91.6 Å². The van der Waals surface area contributed by atoms with E-state index < -0.39 is 123 Å². The zero-order chi connectivity index (χ0) is 69.3. The van der Waals surface area contributed by atoms with Crippen LogP contribution in [0.5, 0.6) is 23.0 Å². The number of carbonyl (C=O) groups excluding carboxylic acids is 12. The van der Waals surface area contributed by atoms with Gasteiger partial charge in [-0.2, -0.15) is 0 Å². The van der Waals surface area contributed by atoms with E-state index in [4.69, 9.17) is 56.8 Å². The molecule has 0 saturated heterocycles. The molecule has 0 N–H and O–H groups in total. The fourth-order valence-corrected chi connectivity index (χ4v) is 9.46. The summed E-state index contributed by atoms with van der Waals surface area (Å²) < 4.78 is 77.1. The number of fused-ring (bicyclic) bond motifs is 8. The smallest absolute Gasteiger partial charge is 0.337 e. The molecule has 4 aromatic rings. The van der Waals surface area contributed by atoms with Gasteiger partial charge < -0.3 is 66.3 Å². The molecular formula is C68H72O26. The van der Waals surface area contributed by atoms with Crippen molar-refractivity contribution < 1.29 is 124 Å². The van der Waals surface area contributed by atoms with Crippen molar-refractivity contribution in [2.24, 2.45) is 0 Å². The molecule has 1 aliphatic rings. The van der Waals surface area contributed by atoms with E-state index in [0.717, 1.165) is 14.2 Å². The number of Topliss-reactive ketones (excluding diaryl/α,β-unsaturated/α-hetero) is 2. The molecule has 1 aliphatic carbocycles. The molecule has 26 heteroatoms. The molecule has 4 aromatic carbocycles. The van der Waals surface area contributed by atoms with Crippen molar-refractivity contribution in [2.75, 3.05) is 69.1 Å². The van der Waals surface area contributed by atoms with Crippen molar-refractivity contribution in [1.29, 1.82) is 0 Å². The van der Waals surface area contributed by atoms with Crippen LogP contribution in [0.4, 0.5) is 0 Å². The van der Waals surface area contributed by atoms with E-state index >= 15 is 0 Å². The predicted molar refractivity (Wildman–Crippen MR) is 327 cm³/mol. The average Bonchev–Trinajstić information content (AvgIpc) is 0.783. The van der Waals surface area contributed by atoms with Gasteiger partial charge in [0.1, 0.15) is 113 Å². The monoisotopic (exact) mass is 1300 g/mol. The molecule has 0 aliphatic heterocycles. The number of benzene rings is 4. The Bertz CT molecular complexity index is 3440. The van der Waals surface area contributed by atoms with Gasteiger partial charge in [-0.1, -0.05) is 26.3 Å². The molecular weight excluding hydrogens is 1230 g/mol. The molecule has 0 unspecified atom stereocenters. The number of rotatable bonds is 32. The molecule has 0 amide bonds. The Hall–Kier alpha value is -10.9. The summed E-state index contributed by atoms with van der Waals surface area (Å²) in [5, 5.41) is 0. The van der Waals surface area contributed by atoms with Crippen LogP contribution < -0.4 is 18.9 Å². The molecule has 94 heavy (non-hydrogen) atoms. The molecule has 0 saturated carbocycles. The van der Waals surface area contributed by atoms with Gasteiger partial charge >= 0.3 is 59.7 Å². The maximum Gasteiger partial charge on any atom is 0.337 e. The fraction of sp³-hybridized carbons (Fsp3) is 0.353. The third-order valence-electron chi connectivity index (χ3n) is 13.6. The normalized spacial score (nSPS) is 11.1. The Kier molecular flexibility index (Phi) is 28.0. The summed E-state index contributed by atoms with van der Waals surface area (Å²) in [4.78, 5) is 149. The van der Waals surface area contributed by atoms with Crippen LogP contribution in [0.3, 0.4) is 0 Å². The first-order valence-electron chi connectivity index (χ1n) is 28.6. The second-order valence-corrected chi connectivity index (χ2v) is 21.1. The number of hydrogen-bond acceptors (Lipinski definition) is 26. The van der Waals surface area contributed by atoms with E-state index in [1.165, 1.54) is 42.3 Å². The summed E-state index contributed by atoms with van der Waals surface area (Å²) in [6.07, 6.45) is -2.49. The van der Waals surface area contributed by atoms with Crippen LogP contribution in [0, 0.1) is 0 Å². The Morgan fingerprint density at radius 3 is 0.660 bits per heavy atom. The minimum Gasteiger partial charge on any atom is -0.496 e. The van der Waals surface area contributed by atoms with E-state index in [2.05, 4.69) is 35.8 Å². The maximum absolute atomic E-state index is 13.4. The number of esters is 10. The van der Waals surface area contributed by atoms with E-state index in [1.807, 2.05) is 0 Å². The Morgan fingerprint density at radius 2 is 0.489 bits per heavy atom. The van der Waals surface area contributed by atoms with Crippen LogP contribution in [0.1, 0.15) is 106 Å². The van der Waals surface area contributed by atoms with E-state index in [1.54, 1.807) is 48.5 Å². The van der Waals surface area contributed by atoms with Crippen LogP contribution in [0.2, 0.25) is 0 Å². The molecule has 0 spiro atoms.